The summed E-state index contributed by atoms with van der Waals surface area (Å²) in [6, 6.07) is -0.763. The van der Waals surface area contributed by atoms with Crippen LogP contribution in [0.5, 0.6) is 0 Å². The number of rotatable bonds is 30. The van der Waals surface area contributed by atoms with Crippen molar-refractivity contribution in [3.8, 4) is 0 Å². The van der Waals surface area contributed by atoms with Crippen LogP contribution in [-0.2, 0) is 52.4 Å². The van der Waals surface area contributed by atoms with Crippen LogP contribution in [0.1, 0.15) is 61.3 Å². The highest BCUT2D eigenvalue weighted by Gasteiger charge is 2.42. The molecule has 0 bridgehead atoms. The Labute approximate surface area is 332 Å². The molecule has 0 radical (unpaired) electrons. The topological polar surface area (TPSA) is 243 Å². The molecule has 0 saturated heterocycles. The summed E-state index contributed by atoms with van der Waals surface area (Å²) >= 11 is 0. The Morgan fingerprint density at radius 1 is 0.727 bits per heavy atom. The number of amides is 1. The molecule has 7 N–H and O–H groups in total. The summed E-state index contributed by atoms with van der Waals surface area (Å²) in [7, 11) is -1.12. The van der Waals surface area contributed by atoms with Gasteiger partial charge in [-0.1, -0.05) is 22.8 Å². The number of nitrogens with two attached hydrogens (primary N) is 3. The maximum Gasteiger partial charge on any atom is 0.315 e. The van der Waals surface area contributed by atoms with Gasteiger partial charge in [0.2, 0.25) is 5.91 Å². The molecule has 0 aliphatic carbocycles. The van der Waals surface area contributed by atoms with Crippen molar-refractivity contribution < 1.29 is 52.4 Å². The van der Waals surface area contributed by atoms with Crippen LogP contribution in [0.2, 0.25) is 0 Å². The largest absolute Gasteiger partial charge is 0.464 e. The van der Waals surface area contributed by atoms with Crippen molar-refractivity contribution in [2.75, 3.05) is 105 Å². The first kappa shape index (κ1) is 53.0. The SMILES string of the molecule is CCPC(C)(C)C(=O)OCC(COCC(=O)NCCOCCOCCCC(=O)C(N)CN=C(N)N)(COC(=O)C(C)(C)P(C)C)COC(=O)C(C)(C)P(C)C. The number of hydrogen-bond acceptors (Lipinski definition) is 13. The van der Waals surface area contributed by atoms with Gasteiger partial charge in [-0.2, -0.15) is 0 Å². The second-order valence-electron chi connectivity index (χ2n) is 15.3. The summed E-state index contributed by atoms with van der Waals surface area (Å²) < 4.78 is 34.4. The fraction of sp³-hybridized carbons (Fsp3) is 0.833. The van der Waals surface area contributed by atoms with E-state index in [1.165, 1.54) is 0 Å². The molecule has 0 aromatic heterocycles. The summed E-state index contributed by atoms with van der Waals surface area (Å²) in [5.74, 6) is -2.03. The average molecular weight is 842 g/mol. The number of ketones is 1. The second-order valence-corrected chi connectivity index (χ2v) is 23.4. The van der Waals surface area contributed by atoms with Crippen molar-refractivity contribution >= 4 is 60.0 Å². The Morgan fingerprint density at radius 2 is 1.22 bits per heavy atom. The Balaban J connectivity index is 5.39. The van der Waals surface area contributed by atoms with Crippen LogP contribution in [0, 0.1) is 5.41 Å². The van der Waals surface area contributed by atoms with Crippen LogP contribution in [-0.4, -0.2) is 162 Å². The lowest BCUT2D eigenvalue weighted by molar-refractivity contribution is -0.170. The third kappa shape index (κ3) is 20.8. The van der Waals surface area contributed by atoms with E-state index in [1.807, 2.05) is 61.3 Å². The number of hydrogen-bond donors (Lipinski definition) is 4. The van der Waals surface area contributed by atoms with E-state index in [1.54, 1.807) is 13.8 Å². The number of Topliss-reactive ketones (excluding diaryl/α,β-unsaturated/α-hetero) is 1. The first-order chi connectivity index (χ1) is 25.4. The lowest BCUT2D eigenvalue weighted by Gasteiger charge is -2.36. The smallest absolute Gasteiger partial charge is 0.315 e. The highest BCUT2D eigenvalue weighted by atomic mass is 31.1. The second kappa shape index (κ2) is 26.1. The van der Waals surface area contributed by atoms with Gasteiger partial charge in [0.1, 0.15) is 26.4 Å². The van der Waals surface area contributed by atoms with Crippen molar-refractivity contribution in [1.82, 2.24) is 5.32 Å². The molecule has 2 atom stereocenters. The number of nitrogens with zero attached hydrogens (tertiary/aromatic N) is 1. The molecule has 320 valence electrons. The molecule has 16 nitrogen and oxygen atoms in total. The standard InChI is InChI=1S/C36H70N5O11P3/c1-12-53-33(2,3)29(44)50-23-36(24-51-30(45)34(4,5)54(8)9,25-52-31(46)35(6,7)55(10)11)22-49-21-28(43)40-15-17-48-19-18-47-16-13-14-27(42)26(37)20-41-32(38)39/h26,53H,12-25,37H2,1-11H3,(H,40,43)(H4,38,39,41). The van der Waals surface area contributed by atoms with Crippen LogP contribution < -0.4 is 22.5 Å². The zero-order valence-electron chi connectivity index (χ0n) is 35.0. The van der Waals surface area contributed by atoms with Gasteiger partial charge in [0.05, 0.1) is 59.9 Å². The van der Waals surface area contributed by atoms with Gasteiger partial charge in [-0.3, -0.25) is 29.0 Å². The number of guanidine groups is 1. The molecule has 0 heterocycles. The lowest BCUT2D eigenvalue weighted by Crippen LogP contribution is -2.47. The summed E-state index contributed by atoms with van der Waals surface area (Å²) in [4.78, 5) is 68.2. The highest BCUT2D eigenvalue weighted by Crippen LogP contribution is 2.44. The van der Waals surface area contributed by atoms with Crippen LogP contribution in [0.3, 0.4) is 0 Å². The Morgan fingerprint density at radius 3 is 1.69 bits per heavy atom. The third-order valence-corrected chi connectivity index (χ3v) is 15.3. The van der Waals surface area contributed by atoms with Crippen LogP contribution in [0.4, 0.5) is 0 Å². The third-order valence-electron chi connectivity index (χ3n) is 9.07. The van der Waals surface area contributed by atoms with Crippen molar-refractivity contribution in [2.24, 2.45) is 27.6 Å². The summed E-state index contributed by atoms with van der Waals surface area (Å²) in [6.45, 7) is 20.7. The minimum atomic E-state index is -1.30. The van der Waals surface area contributed by atoms with Crippen molar-refractivity contribution in [3.63, 3.8) is 0 Å². The minimum Gasteiger partial charge on any atom is -0.464 e. The molecule has 0 aliphatic rings. The first-order valence-electron chi connectivity index (χ1n) is 18.4. The quantitative estimate of drug-likeness (QED) is 0.0203. The molecular formula is C36H70N5O11P3. The van der Waals surface area contributed by atoms with E-state index in [-0.39, 0.29) is 77.5 Å². The van der Waals surface area contributed by atoms with E-state index in [4.69, 9.17) is 45.6 Å². The van der Waals surface area contributed by atoms with Gasteiger partial charge in [-0.25, -0.2) is 0 Å². The molecule has 0 spiro atoms. The van der Waals surface area contributed by atoms with Gasteiger partial charge in [0, 0.05) is 19.6 Å². The van der Waals surface area contributed by atoms with E-state index < -0.39 is 66.6 Å². The van der Waals surface area contributed by atoms with Gasteiger partial charge >= 0.3 is 17.9 Å². The lowest BCUT2D eigenvalue weighted by atomic mass is 9.91. The number of esters is 3. The molecular weight excluding hydrogens is 771 g/mol. The average Bonchev–Trinajstić information content (AvgIpc) is 3.10. The molecule has 0 rings (SSSR count). The van der Waals surface area contributed by atoms with Gasteiger partial charge < -0.3 is 50.9 Å². The zero-order chi connectivity index (χ0) is 42.5. The molecule has 2 unspecified atom stereocenters. The van der Waals surface area contributed by atoms with E-state index in [0.29, 0.717) is 28.2 Å². The maximum absolute atomic E-state index is 13.3. The zero-order valence-corrected chi connectivity index (χ0v) is 37.8. The Bertz CT molecular complexity index is 1210. The van der Waals surface area contributed by atoms with E-state index in [2.05, 4.69) is 10.3 Å². The van der Waals surface area contributed by atoms with Crippen molar-refractivity contribution in [1.29, 1.82) is 0 Å². The normalized spacial score (nSPS) is 13.2. The number of carbonyl (C=O) groups is 5. The molecule has 0 fully saturated rings. The van der Waals surface area contributed by atoms with Crippen molar-refractivity contribution in [2.45, 2.75) is 82.8 Å². The van der Waals surface area contributed by atoms with Gasteiger partial charge in [-0.05, 0) is 80.8 Å². The fourth-order valence-electron chi connectivity index (χ4n) is 4.15. The number of aliphatic imine (C=N–C) groups is 1. The number of nitrogens with one attached hydrogen (secondary N) is 1. The van der Waals surface area contributed by atoms with Gasteiger partial charge in [0.15, 0.2) is 11.7 Å². The Hall–Kier alpha value is -2.05. The van der Waals surface area contributed by atoms with E-state index in [0.717, 1.165) is 6.16 Å². The summed E-state index contributed by atoms with van der Waals surface area (Å²) in [6.07, 6.45) is 1.52. The number of carbonyl (C=O) groups excluding carboxylic acids is 5. The molecule has 1 amide bonds. The first-order valence-corrected chi connectivity index (χ1v) is 24.1. The molecule has 0 aromatic rings. The Kier molecular flexibility index (Phi) is 25.1. The van der Waals surface area contributed by atoms with Gasteiger partial charge in [-0.15, -0.1) is 8.58 Å². The van der Waals surface area contributed by atoms with E-state index in [9.17, 15) is 24.0 Å². The van der Waals surface area contributed by atoms with Crippen molar-refractivity contribution in [3.05, 3.63) is 0 Å². The monoisotopic (exact) mass is 841 g/mol. The summed E-state index contributed by atoms with van der Waals surface area (Å²) in [5, 5.41) is 0.440. The predicted octanol–water partition coefficient (Wildman–Crippen LogP) is 2.24. The predicted molar refractivity (Wildman–Crippen MR) is 222 cm³/mol. The molecule has 55 heavy (non-hydrogen) atoms. The molecule has 0 aliphatic heterocycles. The minimum absolute atomic E-state index is 0.0397. The fourth-order valence-corrected chi connectivity index (χ4v) is 6.11. The molecule has 19 heteroatoms. The number of ether oxygens (including phenoxy) is 6. The van der Waals surface area contributed by atoms with Crippen LogP contribution in [0.25, 0.3) is 0 Å². The van der Waals surface area contributed by atoms with Crippen LogP contribution in [0.15, 0.2) is 4.99 Å². The van der Waals surface area contributed by atoms with Crippen LogP contribution >= 0.6 is 24.4 Å². The summed E-state index contributed by atoms with van der Waals surface area (Å²) in [5.41, 5.74) is 15.0. The van der Waals surface area contributed by atoms with Gasteiger partial charge in [0.25, 0.3) is 0 Å². The molecule has 0 aromatic carbocycles. The highest BCUT2D eigenvalue weighted by molar-refractivity contribution is 7.59. The maximum atomic E-state index is 13.3. The van der Waals surface area contributed by atoms with E-state index >= 15 is 0 Å². The molecule has 0 saturated carbocycles.